The molecule has 1 aromatic carbocycles. The van der Waals surface area contributed by atoms with Gasteiger partial charge in [-0.05, 0) is 18.6 Å². The lowest BCUT2D eigenvalue weighted by atomic mass is 10.1. The molecule has 1 atom stereocenters. The molecule has 0 aliphatic heterocycles. The molecule has 8 nitrogen and oxygen atoms in total. The molecule has 10 heteroatoms. The molecule has 0 spiro atoms. The summed E-state index contributed by atoms with van der Waals surface area (Å²) in [5.74, 6) is 0. The lowest BCUT2D eigenvalue weighted by Crippen LogP contribution is -2.15. The lowest BCUT2D eigenvalue weighted by Gasteiger charge is -2.19. The summed E-state index contributed by atoms with van der Waals surface area (Å²) in [5, 5.41) is 14.3. The molecule has 2 aromatic rings. The van der Waals surface area contributed by atoms with Crippen molar-refractivity contribution in [3.05, 3.63) is 50.2 Å². The molecule has 0 bridgehead atoms. The zero-order valence-corrected chi connectivity index (χ0v) is 15.8. The summed E-state index contributed by atoms with van der Waals surface area (Å²) in [6.07, 6.45) is 5.26. The first-order valence-electron chi connectivity index (χ1n) is 8.28. The molecule has 26 heavy (non-hydrogen) atoms. The van der Waals surface area contributed by atoms with Gasteiger partial charge in [-0.1, -0.05) is 55.5 Å². The van der Waals surface area contributed by atoms with Crippen LogP contribution in [-0.2, 0) is 11.3 Å². The SMILES string of the molecule is CCCCCCOC(Cn1cnc(O[N+](=O)[O-])n1)c1ccc(Cl)cc1Cl. The van der Waals surface area contributed by atoms with Crippen LogP contribution < -0.4 is 4.84 Å². The van der Waals surface area contributed by atoms with Gasteiger partial charge in [0, 0.05) is 22.2 Å². The molecule has 1 heterocycles. The molecule has 0 N–H and O–H groups in total. The van der Waals surface area contributed by atoms with Gasteiger partial charge < -0.3 is 4.74 Å². The summed E-state index contributed by atoms with van der Waals surface area (Å²) >= 11 is 12.3. The highest BCUT2D eigenvalue weighted by Gasteiger charge is 2.18. The van der Waals surface area contributed by atoms with E-state index in [1.54, 1.807) is 18.2 Å². The van der Waals surface area contributed by atoms with E-state index in [4.69, 9.17) is 27.9 Å². The number of ether oxygens (including phenoxy) is 1. The van der Waals surface area contributed by atoms with Crippen molar-refractivity contribution in [2.24, 2.45) is 0 Å². The molecule has 0 aliphatic rings. The first kappa shape index (κ1) is 20.4. The second-order valence-electron chi connectivity index (χ2n) is 5.65. The summed E-state index contributed by atoms with van der Waals surface area (Å²) in [6.45, 7) is 2.99. The van der Waals surface area contributed by atoms with Crippen molar-refractivity contribution in [3.63, 3.8) is 0 Å². The standard InChI is InChI=1S/C16H20Cl2N4O4/c1-2-3-4-5-8-25-15(13-7-6-12(17)9-14(13)18)10-21-11-19-16(20-21)26-22(23)24/h6-7,9,11,15H,2-5,8,10H2,1H3. The van der Waals surface area contributed by atoms with Crippen molar-refractivity contribution >= 4 is 23.2 Å². The summed E-state index contributed by atoms with van der Waals surface area (Å²) in [7, 11) is 0. The van der Waals surface area contributed by atoms with E-state index in [2.05, 4.69) is 21.8 Å². The third-order valence-corrected chi connectivity index (χ3v) is 4.21. The fourth-order valence-corrected chi connectivity index (χ4v) is 2.93. The quantitative estimate of drug-likeness (QED) is 0.312. The van der Waals surface area contributed by atoms with Crippen LogP contribution >= 0.6 is 23.2 Å². The van der Waals surface area contributed by atoms with Gasteiger partial charge in [0.2, 0.25) is 0 Å². The van der Waals surface area contributed by atoms with E-state index in [0.717, 1.165) is 31.2 Å². The van der Waals surface area contributed by atoms with E-state index in [1.807, 2.05) is 0 Å². The zero-order chi connectivity index (χ0) is 18.9. The van der Waals surface area contributed by atoms with Crippen LogP contribution in [0.25, 0.3) is 0 Å². The van der Waals surface area contributed by atoms with Gasteiger partial charge >= 0.3 is 11.1 Å². The van der Waals surface area contributed by atoms with Crippen LogP contribution in [-0.4, -0.2) is 26.5 Å². The molecule has 0 saturated heterocycles. The predicted molar refractivity (Wildman–Crippen MR) is 96.9 cm³/mol. The maximum Gasteiger partial charge on any atom is 0.327 e. The second kappa shape index (κ2) is 10.3. The molecule has 2 rings (SSSR count). The second-order valence-corrected chi connectivity index (χ2v) is 6.49. The largest absolute Gasteiger partial charge is 0.372 e. The minimum Gasteiger partial charge on any atom is -0.372 e. The van der Waals surface area contributed by atoms with Crippen molar-refractivity contribution < 1.29 is 14.7 Å². The molecule has 0 aliphatic carbocycles. The van der Waals surface area contributed by atoms with Crippen LogP contribution in [0.15, 0.2) is 24.5 Å². The fraction of sp³-hybridized carbons (Fsp3) is 0.500. The molecular formula is C16H20Cl2N4O4. The predicted octanol–water partition coefficient (Wildman–Crippen LogP) is 4.49. The summed E-state index contributed by atoms with van der Waals surface area (Å²) in [4.78, 5) is 18.3. The Morgan fingerprint density at radius 3 is 2.81 bits per heavy atom. The number of unbranched alkanes of at least 4 members (excludes halogenated alkanes) is 3. The van der Waals surface area contributed by atoms with Gasteiger partial charge in [0.15, 0.2) is 0 Å². The van der Waals surface area contributed by atoms with Crippen LogP contribution in [0.5, 0.6) is 6.01 Å². The van der Waals surface area contributed by atoms with Gasteiger partial charge in [0.05, 0.1) is 6.54 Å². The summed E-state index contributed by atoms with van der Waals surface area (Å²) in [5.41, 5.74) is 0.763. The number of hydrogen-bond donors (Lipinski definition) is 0. The van der Waals surface area contributed by atoms with Gasteiger partial charge in [-0.2, -0.15) is 4.98 Å². The van der Waals surface area contributed by atoms with Gasteiger partial charge in [-0.15, -0.1) is 15.2 Å². The number of benzene rings is 1. The van der Waals surface area contributed by atoms with E-state index in [-0.39, 0.29) is 12.6 Å². The van der Waals surface area contributed by atoms with Gasteiger partial charge in [0.25, 0.3) is 0 Å². The highest BCUT2D eigenvalue weighted by molar-refractivity contribution is 6.35. The third kappa shape index (κ3) is 6.44. The molecule has 1 unspecified atom stereocenters. The Hall–Kier alpha value is -1.90. The first-order valence-corrected chi connectivity index (χ1v) is 9.03. The zero-order valence-electron chi connectivity index (χ0n) is 14.3. The van der Waals surface area contributed by atoms with Crippen LogP contribution in [0.3, 0.4) is 0 Å². The summed E-state index contributed by atoms with van der Waals surface area (Å²) < 4.78 is 7.42. The van der Waals surface area contributed by atoms with Crippen LogP contribution in [0.4, 0.5) is 0 Å². The van der Waals surface area contributed by atoms with Crippen LogP contribution in [0.2, 0.25) is 10.0 Å². The van der Waals surface area contributed by atoms with Gasteiger partial charge in [0.1, 0.15) is 12.4 Å². The number of rotatable bonds is 11. The summed E-state index contributed by atoms with van der Waals surface area (Å²) in [6, 6.07) is 4.85. The smallest absolute Gasteiger partial charge is 0.327 e. The Bertz CT molecular complexity index is 726. The highest BCUT2D eigenvalue weighted by atomic mass is 35.5. The number of aromatic nitrogens is 3. The van der Waals surface area contributed by atoms with Crippen molar-refractivity contribution in [3.8, 4) is 6.01 Å². The fourth-order valence-electron chi connectivity index (χ4n) is 2.40. The van der Waals surface area contributed by atoms with Crippen molar-refractivity contribution in [2.75, 3.05) is 6.61 Å². The number of hydrogen-bond acceptors (Lipinski definition) is 6. The Balaban J connectivity index is 2.09. The Kier molecular flexibility index (Phi) is 8.08. The lowest BCUT2D eigenvalue weighted by molar-refractivity contribution is -0.713. The van der Waals surface area contributed by atoms with Crippen LogP contribution in [0, 0.1) is 10.1 Å². The highest BCUT2D eigenvalue weighted by Crippen LogP contribution is 2.30. The molecule has 142 valence electrons. The molecule has 0 saturated carbocycles. The third-order valence-electron chi connectivity index (χ3n) is 3.65. The van der Waals surface area contributed by atoms with E-state index in [9.17, 15) is 10.1 Å². The van der Waals surface area contributed by atoms with Gasteiger partial charge in [-0.3, -0.25) is 0 Å². The minimum absolute atomic E-state index is 0.281. The molecule has 0 fully saturated rings. The van der Waals surface area contributed by atoms with Crippen molar-refractivity contribution in [2.45, 2.75) is 45.3 Å². The van der Waals surface area contributed by atoms with E-state index >= 15 is 0 Å². The van der Waals surface area contributed by atoms with Crippen molar-refractivity contribution in [1.82, 2.24) is 14.8 Å². The van der Waals surface area contributed by atoms with E-state index in [1.165, 1.54) is 11.0 Å². The maximum absolute atomic E-state index is 10.4. The topological polar surface area (TPSA) is 92.3 Å². The Morgan fingerprint density at radius 2 is 2.12 bits per heavy atom. The minimum atomic E-state index is -0.961. The first-order chi connectivity index (χ1) is 12.5. The van der Waals surface area contributed by atoms with Crippen molar-refractivity contribution in [1.29, 1.82) is 0 Å². The molecular weight excluding hydrogens is 383 g/mol. The van der Waals surface area contributed by atoms with Crippen LogP contribution in [0.1, 0.15) is 44.3 Å². The van der Waals surface area contributed by atoms with E-state index in [0.29, 0.717) is 16.7 Å². The Morgan fingerprint density at radius 1 is 1.31 bits per heavy atom. The van der Waals surface area contributed by atoms with E-state index < -0.39 is 11.2 Å². The number of halogens is 2. The average molecular weight is 403 g/mol. The monoisotopic (exact) mass is 402 g/mol. The maximum atomic E-state index is 10.4. The normalized spacial score (nSPS) is 12.1. The molecule has 1 aromatic heterocycles. The Labute approximate surface area is 161 Å². The molecule has 0 radical (unpaired) electrons. The molecule has 0 amide bonds. The van der Waals surface area contributed by atoms with Gasteiger partial charge in [-0.25, -0.2) is 9.52 Å². The average Bonchev–Trinajstić information content (AvgIpc) is 3.00. The number of nitrogens with zero attached hydrogens (tertiary/aromatic N) is 4.